The van der Waals surface area contributed by atoms with Gasteiger partial charge >= 0.3 is 0 Å². The second-order valence-electron chi connectivity index (χ2n) is 5.41. The summed E-state index contributed by atoms with van der Waals surface area (Å²) in [6, 6.07) is 13.2. The summed E-state index contributed by atoms with van der Waals surface area (Å²) in [7, 11) is 0. The highest BCUT2D eigenvalue weighted by Crippen LogP contribution is 2.30. The SMILES string of the molecule is CC(C)Cc1cccc(C(O)c2ccc(Cl)cc2Cl)c1. The van der Waals surface area contributed by atoms with E-state index in [1.807, 2.05) is 18.2 Å². The first-order valence-corrected chi connectivity index (χ1v) is 7.45. The lowest BCUT2D eigenvalue weighted by Gasteiger charge is -2.15. The summed E-state index contributed by atoms with van der Waals surface area (Å²) in [4.78, 5) is 0. The molecule has 3 heteroatoms. The van der Waals surface area contributed by atoms with Gasteiger partial charge in [0.2, 0.25) is 0 Å². The molecule has 0 aliphatic rings. The Balaban J connectivity index is 2.30. The van der Waals surface area contributed by atoms with Crippen molar-refractivity contribution in [1.29, 1.82) is 0 Å². The molecule has 0 bridgehead atoms. The Morgan fingerprint density at radius 2 is 1.80 bits per heavy atom. The summed E-state index contributed by atoms with van der Waals surface area (Å²) in [5.41, 5.74) is 2.76. The molecule has 2 aromatic carbocycles. The summed E-state index contributed by atoms with van der Waals surface area (Å²) in [6.07, 6.45) is 0.265. The van der Waals surface area contributed by atoms with Crippen LogP contribution in [0.25, 0.3) is 0 Å². The van der Waals surface area contributed by atoms with E-state index in [-0.39, 0.29) is 0 Å². The monoisotopic (exact) mass is 308 g/mol. The Labute approximate surface area is 130 Å². The molecule has 2 aromatic rings. The first kappa shape index (κ1) is 15.4. The topological polar surface area (TPSA) is 20.2 Å². The van der Waals surface area contributed by atoms with Crippen molar-refractivity contribution in [2.45, 2.75) is 26.4 Å². The van der Waals surface area contributed by atoms with E-state index in [0.29, 0.717) is 21.5 Å². The van der Waals surface area contributed by atoms with Gasteiger partial charge in [0, 0.05) is 15.6 Å². The van der Waals surface area contributed by atoms with Gasteiger partial charge in [-0.2, -0.15) is 0 Å². The Hall–Kier alpha value is -1.02. The summed E-state index contributed by atoms with van der Waals surface area (Å²) in [5, 5.41) is 11.5. The molecule has 1 nitrogen and oxygen atoms in total. The van der Waals surface area contributed by atoms with Gasteiger partial charge in [-0.3, -0.25) is 0 Å². The number of hydrogen-bond acceptors (Lipinski definition) is 1. The molecule has 106 valence electrons. The van der Waals surface area contributed by atoms with E-state index in [1.54, 1.807) is 18.2 Å². The van der Waals surface area contributed by atoms with Crippen molar-refractivity contribution in [2.24, 2.45) is 5.92 Å². The zero-order valence-corrected chi connectivity index (χ0v) is 13.1. The van der Waals surface area contributed by atoms with Gasteiger partial charge < -0.3 is 5.11 Å². The maximum Gasteiger partial charge on any atom is 0.105 e. The lowest BCUT2D eigenvalue weighted by atomic mass is 9.96. The maximum atomic E-state index is 10.5. The summed E-state index contributed by atoms with van der Waals surface area (Å²) in [6.45, 7) is 4.36. The van der Waals surface area contributed by atoms with Crippen molar-refractivity contribution in [3.05, 3.63) is 69.2 Å². The summed E-state index contributed by atoms with van der Waals surface area (Å²) < 4.78 is 0. The third-order valence-corrected chi connectivity index (χ3v) is 3.73. The van der Waals surface area contributed by atoms with Gasteiger partial charge in [0.25, 0.3) is 0 Å². The van der Waals surface area contributed by atoms with E-state index in [0.717, 1.165) is 12.0 Å². The Morgan fingerprint density at radius 1 is 1.05 bits per heavy atom. The van der Waals surface area contributed by atoms with Crippen molar-refractivity contribution in [1.82, 2.24) is 0 Å². The van der Waals surface area contributed by atoms with Crippen LogP contribution < -0.4 is 0 Å². The second kappa shape index (κ2) is 6.62. The van der Waals surface area contributed by atoms with Crippen LogP contribution in [0.2, 0.25) is 10.0 Å². The highest BCUT2D eigenvalue weighted by molar-refractivity contribution is 6.35. The fourth-order valence-corrected chi connectivity index (χ4v) is 2.78. The van der Waals surface area contributed by atoms with E-state index >= 15 is 0 Å². The van der Waals surface area contributed by atoms with E-state index in [1.165, 1.54) is 5.56 Å². The van der Waals surface area contributed by atoms with Gasteiger partial charge in [0.05, 0.1) is 0 Å². The Kier molecular flexibility index (Phi) is 5.09. The first-order chi connectivity index (χ1) is 9.47. The van der Waals surface area contributed by atoms with Gasteiger partial charge in [0.1, 0.15) is 6.10 Å². The fraction of sp³-hybridized carbons (Fsp3) is 0.294. The highest BCUT2D eigenvalue weighted by Gasteiger charge is 2.14. The van der Waals surface area contributed by atoms with E-state index < -0.39 is 6.10 Å². The van der Waals surface area contributed by atoms with Crippen LogP contribution in [-0.4, -0.2) is 5.11 Å². The molecule has 1 N–H and O–H groups in total. The van der Waals surface area contributed by atoms with Gasteiger partial charge in [-0.1, -0.05) is 67.4 Å². The zero-order valence-electron chi connectivity index (χ0n) is 11.6. The molecule has 1 atom stereocenters. The molecule has 0 radical (unpaired) electrons. The van der Waals surface area contributed by atoms with Gasteiger partial charge in [-0.15, -0.1) is 0 Å². The predicted octanol–water partition coefficient (Wildman–Crippen LogP) is 5.27. The minimum atomic E-state index is -0.730. The second-order valence-corrected chi connectivity index (χ2v) is 6.26. The Morgan fingerprint density at radius 3 is 2.45 bits per heavy atom. The minimum absolute atomic E-state index is 0.485. The number of aliphatic hydroxyl groups is 1. The summed E-state index contributed by atoms with van der Waals surface area (Å²) in [5.74, 6) is 0.585. The molecule has 2 rings (SSSR count). The van der Waals surface area contributed by atoms with Crippen molar-refractivity contribution < 1.29 is 5.11 Å². The number of aliphatic hydroxyl groups excluding tert-OH is 1. The molecule has 0 aliphatic carbocycles. The average Bonchev–Trinajstić information content (AvgIpc) is 2.37. The average molecular weight is 309 g/mol. The lowest BCUT2D eigenvalue weighted by molar-refractivity contribution is 0.220. The quantitative estimate of drug-likeness (QED) is 0.815. The van der Waals surface area contributed by atoms with Gasteiger partial charge in [-0.05, 0) is 35.6 Å². The van der Waals surface area contributed by atoms with E-state index in [2.05, 4.69) is 19.9 Å². The molecule has 0 amide bonds. The van der Waals surface area contributed by atoms with Crippen molar-refractivity contribution in [2.75, 3.05) is 0 Å². The molecule has 20 heavy (non-hydrogen) atoms. The summed E-state index contributed by atoms with van der Waals surface area (Å²) >= 11 is 12.0. The molecule has 0 spiro atoms. The molecule has 0 fully saturated rings. The lowest BCUT2D eigenvalue weighted by Crippen LogP contribution is -2.02. The number of rotatable bonds is 4. The van der Waals surface area contributed by atoms with E-state index in [4.69, 9.17) is 23.2 Å². The standard InChI is InChI=1S/C17H18Cl2O/c1-11(2)8-12-4-3-5-13(9-12)17(20)15-7-6-14(18)10-16(15)19/h3-7,9-11,17,20H,8H2,1-2H3. The van der Waals surface area contributed by atoms with Crippen molar-refractivity contribution in [3.63, 3.8) is 0 Å². The van der Waals surface area contributed by atoms with E-state index in [9.17, 15) is 5.11 Å². The van der Waals surface area contributed by atoms with Gasteiger partial charge in [-0.25, -0.2) is 0 Å². The van der Waals surface area contributed by atoms with Crippen LogP contribution in [0.15, 0.2) is 42.5 Å². The van der Waals surface area contributed by atoms with Crippen LogP contribution in [0.1, 0.15) is 36.6 Å². The van der Waals surface area contributed by atoms with Crippen LogP contribution in [0.4, 0.5) is 0 Å². The third-order valence-electron chi connectivity index (χ3n) is 3.17. The zero-order chi connectivity index (χ0) is 14.7. The number of hydrogen-bond donors (Lipinski definition) is 1. The fourth-order valence-electron chi connectivity index (χ4n) is 2.26. The predicted molar refractivity (Wildman–Crippen MR) is 85.5 cm³/mol. The van der Waals surface area contributed by atoms with Crippen LogP contribution in [0, 0.1) is 5.92 Å². The number of benzene rings is 2. The van der Waals surface area contributed by atoms with Crippen LogP contribution in [0.3, 0.4) is 0 Å². The molecule has 0 heterocycles. The minimum Gasteiger partial charge on any atom is -0.384 e. The van der Waals surface area contributed by atoms with Gasteiger partial charge in [0.15, 0.2) is 0 Å². The highest BCUT2D eigenvalue weighted by atomic mass is 35.5. The largest absolute Gasteiger partial charge is 0.384 e. The third kappa shape index (κ3) is 3.76. The molecular weight excluding hydrogens is 291 g/mol. The van der Waals surface area contributed by atoms with Crippen LogP contribution >= 0.6 is 23.2 Å². The molecule has 0 aliphatic heterocycles. The number of halogens is 2. The first-order valence-electron chi connectivity index (χ1n) is 6.69. The van der Waals surface area contributed by atoms with Crippen molar-refractivity contribution >= 4 is 23.2 Å². The maximum absolute atomic E-state index is 10.5. The van der Waals surface area contributed by atoms with Crippen molar-refractivity contribution in [3.8, 4) is 0 Å². The molecular formula is C17H18Cl2O. The normalized spacial score (nSPS) is 12.7. The van der Waals surface area contributed by atoms with Crippen LogP contribution in [0.5, 0.6) is 0 Å². The Bertz CT molecular complexity index is 593. The molecule has 0 aromatic heterocycles. The molecule has 0 saturated carbocycles. The molecule has 1 unspecified atom stereocenters. The molecule has 0 saturated heterocycles. The smallest absolute Gasteiger partial charge is 0.105 e. The van der Waals surface area contributed by atoms with Crippen LogP contribution in [-0.2, 0) is 6.42 Å².